The maximum Gasteiger partial charge on any atom is 0.324 e. The number of carboxylic acids is 2. The molecule has 0 radical (unpaired) electrons. The Morgan fingerprint density at radius 3 is 2.14 bits per heavy atom. The van der Waals surface area contributed by atoms with Crippen molar-refractivity contribution in [3.05, 3.63) is 27.7 Å². The first-order valence-corrected chi connectivity index (χ1v) is 6.93. The fourth-order valence-electron chi connectivity index (χ4n) is 1.53. The topological polar surface area (TPSA) is 99.4 Å². The van der Waals surface area contributed by atoms with Crippen LogP contribution in [0.3, 0.4) is 0 Å². The summed E-state index contributed by atoms with van der Waals surface area (Å²) in [5.74, 6) is -2.04. The molecule has 0 atom stereocenters. The number of aliphatic carboxylic acids is 2. The number of ether oxygens (including phenoxy) is 1. The van der Waals surface area contributed by atoms with E-state index in [0.717, 1.165) is 5.01 Å². The number of hydrazone groups is 1. The average molecular weight is 349 g/mol. The lowest BCUT2D eigenvalue weighted by Gasteiger charge is -2.14. The monoisotopic (exact) mass is 348 g/mol. The maximum absolute atomic E-state index is 10.7. The zero-order valence-corrected chi connectivity index (χ0v) is 13.1. The van der Waals surface area contributed by atoms with Gasteiger partial charge in [0, 0.05) is 0 Å². The van der Waals surface area contributed by atoms with E-state index in [1.807, 2.05) is 0 Å². The molecule has 2 N–H and O–H groups in total. The second-order valence-electron chi connectivity index (χ2n) is 4.10. The van der Waals surface area contributed by atoms with Crippen molar-refractivity contribution in [2.45, 2.75) is 6.92 Å². The Morgan fingerprint density at radius 2 is 1.73 bits per heavy atom. The van der Waals surface area contributed by atoms with Gasteiger partial charge < -0.3 is 14.9 Å². The molecule has 22 heavy (non-hydrogen) atoms. The van der Waals surface area contributed by atoms with Gasteiger partial charge in [-0.25, -0.2) is 0 Å². The molecule has 0 aliphatic carbocycles. The van der Waals surface area contributed by atoms with Crippen molar-refractivity contribution >= 4 is 41.4 Å². The highest BCUT2D eigenvalue weighted by Gasteiger charge is 2.12. The highest BCUT2D eigenvalue weighted by molar-refractivity contribution is 6.37. The van der Waals surface area contributed by atoms with Crippen molar-refractivity contribution < 1.29 is 24.5 Å². The lowest BCUT2D eigenvalue weighted by atomic mass is 10.2. The summed E-state index contributed by atoms with van der Waals surface area (Å²) in [6.45, 7) is 1.11. The van der Waals surface area contributed by atoms with Gasteiger partial charge in [0.15, 0.2) is 5.75 Å². The number of hydrogen-bond acceptors (Lipinski definition) is 5. The molecule has 120 valence electrons. The predicted molar refractivity (Wildman–Crippen MR) is 82.1 cm³/mol. The van der Waals surface area contributed by atoms with E-state index in [-0.39, 0.29) is 10.0 Å². The fraction of sp³-hybridized carbons (Fsp3) is 0.308. The molecule has 0 saturated heterocycles. The number of carboxylic acid groups (broad SMARTS) is 2. The van der Waals surface area contributed by atoms with Crippen LogP contribution >= 0.6 is 23.2 Å². The van der Waals surface area contributed by atoms with E-state index < -0.39 is 25.0 Å². The van der Waals surface area contributed by atoms with Crippen LogP contribution in [0.25, 0.3) is 0 Å². The number of rotatable bonds is 8. The number of hydrogen-bond donors (Lipinski definition) is 2. The molecule has 9 heteroatoms. The van der Waals surface area contributed by atoms with E-state index in [2.05, 4.69) is 5.10 Å². The molecule has 0 saturated carbocycles. The zero-order valence-electron chi connectivity index (χ0n) is 11.6. The highest BCUT2D eigenvalue weighted by atomic mass is 35.5. The molecule has 0 amide bonds. The van der Waals surface area contributed by atoms with Gasteiger partial charge >= 0.3 is 11.9 Å². The molecule has 0 bridgehead atoms. The Bertz CT molecular complexity index is 553. The lowest BCUT2D eigenvalue weighted by Crippen LogP contribution is -2.30. The van der Waals surface area contributed by atoms with Gasteiger partial charge in [0.05, 0.1) is 22.9 Å². The minimum atomic E-state index is -1.19. The van der Waals surface area contributed by atoms with Crippen LogP contribution in [-0.2, 0) is 9.59 Å². The van der Waals surface area contributed by atoms with Crippen LogP contribution < -0.4 is 4.74 Å². The third-order valence-electron chi connectivity index (χ3n) is 2.31. The van der Waals surface area contributed by atoms with Gasteiger partial charge in [-0.1, -0.05) is 23.2 Å². The van der Waals surface area contributed by atoms with Crippen molar-refractivity contribution in [2.75, 3.05) is 19.7 Å². The minimum Gasteiger partial charge on any atom is -0.491 e. The first-order chi connectivity index (χ1) is 10.3. The fourth-order valence-corrected chi connectivity index (χ4v) is 2.15. The third-order valence-corrected chi connectivity index (χ3v) is 2.88. The summed E-state index contributed by atoms with van der Waals surface area (Å²) in [5, 5.41) is 22.7. The first-order valence-electron chi connectivity index (χ1n) is 6.17. The van der Waals surface area contributed by atoms with Gasteiger partial charge in [-0.2, -0.15) is 5.10 Å². The molecule has 0 fully saturated rings. The van der Waals surface area contributed by atoms with Crippen molar-refractivity contribution in [3.63, 3.8) is 0 Å². The van der Waals surface area contributed by atoms with E-state index in [4.69, 9.17) is 38.2 Å². The van der Waals surface area contributed by atoms with Crippen LogP contribution in [-0.4, -0.2) is 53.1 Å². The first kappa shape index (κ1) is 18.1. The maximum atomic E-state index is 10.7. The summed E-state index contributed by atoms with van der Waals surface area (Å²) >= 11 is 12.0. The molecule has 0 spiro atoms. The summed E-state index contributed by atoms with van der Waals surface area (Å²) in [5.41, 5.74) is 0.485. The number of carbonyl (C=O) groups is 2. The van der Waals surface area contributed by atoms with Crippen LogP contribution in [0.15, 0.2) is 17.2 Å². The molecule has 0 aliphatic heterocycles. The summed E-state index contributed by atoms with van der Waals surface area (Å²) in [7, 11) is 0. The molecule has 0 unspecified atom stereocenters. The smallest absolute Gasteiger partial charge is 0.324 e. The standard InChI is InChI=1S/C13H14Cl2N2O5/c1-2-22-13-9(14)3-8(4-10(13)15)5-16-17(6-11(18)19)7-12(20)21/h3-5H,2,6-7H2,1H3,(H,18,19)(H,20,21)/b16-5-. The molecular formula is C13H14Cl2N2O5. The van der Waals surface area contributed by atoms with E-state index in [1.165, 1.54) is 18.3 Å². The van der Waals surface area contributed by atoms with Crippen LogP contribution in [0.2, 0.25) is 10.0 Å². The average Bonchev–Trinajstić information content (AvgIpc) is 2.39. The van der Waals surface area contributed by atoms with Gasteiger partial charge in [0.1, 0.15) is 13.1 Å². The number of nitrogens with zero attached hydrogens (tertiary/aromatic N) is 2. The van der Waals surface area contributed by atoms with Gasteiger partial charge in [0.2, 0.25) is 0 Å². The van der Waals surface area contributed by atoms with Crippen LogP contribution in [0, 0.1) is 0 Å². The molecule has 0 heterocycles. The minimum absolute atomic E-state index is 0.277. The lowest BCUT2D eigenvalue weighted by molar-refractivity contribution is -0.141. The number of halogens is 2. The van der Waals surface area contributed by atoms with Crippen molar-refractivity contribution in [2.24, 2.45) is 5.10 Å². The van der Waals surface area contributed by atoms with Crippen LogP contribution in [0.1, 0.15) is 12.5 Å². The van der Waals surface area contributed by atoms with Gasteiger partial charge in [-0.15, -0.1) is 0 Å². The second-order valence-corrected chi connectivity index (χ2v) is 4.92. The van der Waals surface area contributed by atoms with Crippen molar-refractivity contribution in [1.29, 1.82) is 0 Å². The molecule has 7 nitrogen and oxygen atoms in total. The summed E-state index contributed by atoms with van der Waals surface area (Å²) in [6, 6.07) is 3.06. The normalized spacial score (nSPS) is 10.7. The highest BCUT2D eigenvalue weighted by Crippen LogP contribution is 2.33. The summed E-state index contributed by atoms with van der Waals surface area (Å²) in [6.07, 6.45) is 1.28. The van der Waals surface area contributed by atoms with Crippen molar-refractivity contribution in [1.82, 2.24) is 5.01 Å². The van der Waals surface area contributed by atoms with Gasteiger partial charge in [-0.05, 0) is 24.6 Å². The third kappa shape index (κ3) is 5.79. The number of benzene rings is 1. The van der Waals surface area contributed by atoms with Crippen molar-refractivity contribution in [3.8, 4) is 5.75 Å². The molecular weight excluding hydrogens is 335 g/mol. The van der Waals surface area contributed by atoms with Gasteiger partial charge in [-0.3, -0.25) is 14.6 Å². The molecule has 0 aliphatic rings. The Hall–Kier alpha value is -1.99. The van der Waals surface area contributed by atoms with Gasteiger partial charge in [0.25, 0.3) is 0 Å². The van der Waals surface area contributed by atoms with E-state index in [9.17, 15) is 9.59 Å². The Morgan fingerprint density at radius 1 is 1.23 bits per heavy atom. The molecule has 1 aromatic rings. The Kier molecular flexibility index (Phi) is 6.94. The molecule has 1 aromatic carbocycles. The predicted octanol–water partition coefficient (Wildman–Crippen LogP) is 2.20. The largest absolute Gasteiger partial charge is 0.491 e. The summed E-state index contributed by atoms with van der Waals surface area (Å²) < 4.78 is 5.28. The SMILES string of the molecule is CCOc1c(Cl)cc(/C=N\N(CC(=O)O)CC(=O)O)cc1Cl. The Balaban J connectivity index is 2.95. The quantitative estimate of drug-likeness (QED) is 0.551. The second kappa shape index (κ2) is 8.45. The zero-order chi connectivity index (χ0) is 16.7. The van der Waals surface area contributed by atoms with Crippen LogP contribution in [0.5, 0.6) is 5.75 Å². The summed E-state index contributed by atoms with van der Waals surface area (Å²) in [4.78, 5) is 21.3. The van der Waals surface area contributed by atoms with E-state index >= 15 is 0 Å². The Labute approximate surface area is 136 Å². The van der Waals surface area contributed by atoms with Crippen LogP contribution in [0.4, 0.5) is 0 Å². The van der Waals surface area contributed by atoms with E-state index in [0.29, 0.717) is 17.9 Å². The van der Waals surface area contributed by atoms with E-state index in [1.54, 1.807) is 6.92 Å². The molecule has 0 aromatic heterocycles. The molecule has 1 rings (SSSR count).